The van der Waals surface area contributed by atoms with Gasteiger partial charge in [-0.3, -0.25) is 0 Å². The molecule has 0 saturated heterocycles. The average Bonchev–Trinajstić information content (AvgIpc) is 3.18. The highest BCUT2D eigenvalue weighted by molar-refractivity contribution is 5.77. The van der Waals surface area contributed by atoms with Crippen LogP contribution in [0.5, 0.6) is 0 Å². The van der Waals surface area contributed by atoms with Gasteiger partial charge >= 0.3 is 0 Å². The molecule has 1 aromatic carbocycles. The van der Waals surface area contributed by atoms with E-state index in [0.717, 1.165) is 28.1 Å². The van der Waals surface area contributed by atoms with E-state index in [0.29, 0.717) is 11.6 Å². The molecule has 0 aliphatic carbocycles. The first-order valence-corrected chi connectivity index (χ1v) is 8.22. The van der Waals surface area contributed by atoms with Gasteiger partial charge in [0.1, 0.15) is 17.2 Å². The van der Waals surface area contributed by atoms with E-state index in [1.54, 1.807) is 4.68 Å². The van der Waals surface area contributed by atoms with Crippen LogP contribution in [-0.2, 0) is 0 Å². The molecule has 25 heavy (non-hydrogen) atoms. The molecule has 0 saturated carbocycles. The van der Waals surface area contributed by atoms with E-state index in [-0.39, 0.29) is 6.04 Å². The highest BCUT2D eigenvalue weighted by atomic mass is 16.3. The summed E-state index contributed by atoms with van der Waals surface area (Å²) in [7, 11) is 0. The second-order valence-electron chi connectivity index (χ2n) is 6.17. The van der Waals surface area contributed by atoms with Crippen LogP contribution in [0.2, 0.25) is 0 Å². The van der Waals surface area contributed by atoms with Crippen molar-refractivity contribution in [3.05, 3.63) is 65.7 Å². The zero-order chi connectivity index (χ0) is 17.4. The van der Waals surface area contributed by atoms with Crippen LogP contribution in [-0.4, -0.2) is 20.0 Å². The SMILES string of the molecule is Cc1cc(C)n(-c2ccc(N[C@H](C)c3cc4ccccc4o3)nn2)n1. The molecule has 6 heteroatoms. The summed E-state index contributed by atoms with van der Waals surface area (Å²) >= 11 is 0. The van der Waals surface area contributed by atoms with Crippen molar-refractivity contribution in [2.45, 2.75) is 26.8 Å². The van der Waals surface area contributed by atoms with Gasteiger partial charge < -0.3 is 9.73 Å². The predicted molar refractivity (Wildman–Crippen MR) is 96.9 cm³/mol. The molecule has 0 unspecified atom stereocenters. The minimum absolute atomic E-state index is 0.0127. The molecular formula is C19H19N5O. The lowest BCUT2D eigenvalue weighted by Gasteiger charge is -2.11. The van der Waals surface area contributed by atoms with E-state index in [2.05, 4.69) is 20.6 Å². The van der Waals surface area contributed by atoms with Crippen LogP contribution in [0.1, 0.15) is 30.1 Å². The molecule has 126 valence electrons. The third-order valence-electron chi connectivity index (χ3n) is 4.11. The number of aryl methyl sites for hydroxylation is 2. The molecule has 0 aliphatic heterocycles. The van der Waals surface area contributed by atoms with Crippen molar-refractivity contribution in [2.75, 3.05) is 5.32 Å². The molecule has 4 rings (SSSR count). The highest BCUT2D eigenvalue weighted by Crippen LogP contribution is 2.25. The summed E-state index contributed by atoms with van der Waals surface area (Å²) in [6.45, 7) is 5.99. The van der Waals surface area contributed by atoms with Crippen molar-refractivity contribution < 1.29 is 4.42 Å². The maximum atomic E-state index is 5.89. The number of hydrogen-bond acceptors (Lipinski definition) is 5. The molecule has 3 aromatic heterocycles. The number of benzene rings is 1. The van der Waals surface area contributed by atoms with E-state index < -0.39 is 0 Å². The molecule has 0 bridgehead atoms. The van der Waals surface area contributed by atoms with Crippen molar-refractivity contribution in [1.82, 2.24) is 20.0 Å². The Hall–Kier alpha value is -3.15. The number of rotatable bonds is 4. The zero-order valence-electron chi connectivity index (χ0n) is 14.4. The van der Waals surface area contributed by atoms with E-state index in [4.69, 9.17) is 4.42 Å². The fraction of sp³-hybridized carbons (Fsp3) is 0.211. The largest absolute Gasteiger partial charge is 0.459 e. The van der Waals surface area contributed by atoms with Crippen LogP contribution >= 0.6 is 0 Å². The Labute approximate surface area is 145 Å². The first-order chi connectivity index (χ1) is 12.1. The van der Waals surface area contributed by atoms with Crippen LogP contribution in [0.15, 0.2) is 52.9 Å². The number of aromatic nitrogens is 4. The number of fused-ring (bicyclic) bond motifs is 1. The molecule has 1 N–H and O–H groups in total. The van der Waals surface area contributed by atoms with Gasteiger partial charge in [0.2, 0.25) is 0 Å². The third kappa shape index (κ3) is 2.98. The molecule has 4 aromatic rings. The van der Waals surface area contributed by atoms with Crippen molar-refractivity contribution >= 4 is 16.8 Å². The summed E-state index contributed by atoms with van der Waals surface area (Å²) in [5, 5.41) is 17.4. The van der Waals surface area contributed by atoms with Crippen LogP contribution in [0.4, 0.5) is 5.82 Å². The normalized spacial score (nSPS) is 12.4. The standard InChI is InChI=1S/C19H19N5O/c1-12-10-13(2)24(23-12)19-9-8-18(21-22-19)20-14(3)17-11-15-6-4-5-7-16(15)25-17/h4-11,14H,1-3H3,(H,20,21)/t14-/m1/s1. The molecule has 0 fully saturated rings. The Morgan fingerprint density at radius 1 is 1.04 bits per heavy atom. The average molecular weight is 333 g/mol. The number of nitrogens with zero attached hydrogens (tertiary/aromatic N) is 4. The van der Waals surface area contributed by atoms with E-state index >= 15 is 0 Å². The van der Waals surface area contributed by atoms with Gasteiger partial charge in [-0.05, 0) is 51.1 Å². The van der Waals surface area contributed by atoms with Gasteiger partial charge in [-0.1, -0.05) is 18.2 Å². The smallest absolute Gasteiger partial charge is 0.176 e. The van der Waals surface area contributed by atoms with Crippen LogP contribution < -0.4 is 5.32 Å². The molecule has 0 spiro atoms. The number of para-hydroxylation sites is 1. The molecule has 0 radical (unpaired) electrons. The highest BCUT2D eigenvalue weighted by Gasteiger charge is 2.12. The summed E-state index contributed by atoms with van der Waals surface area (Å²) in [4.78, 5) is 0. The summed E-state index contributed by atoms with van der Waals surface area (Å²) in [5.74, 6) is 2.26. The van der Waals surface area contributed by atoms with E-state index in [1.165, 1.54) is 0 Å². The Bertz CT molecular complexity index is 983. The fourth-order valence-electron chi connectivity index (χ4n) is 2.88. The van der Waals surface area contributed by atoms with Crippen LogP contribution in [0.3, 0.4) is 0 Å². The van der Waals surface area contributed by atoms with Crippen molar-refractivity contribution in [1.29, 1.82) is 0 Å². The van der Waals surface area contributed by atoms with Crippen molar-refractivity contribution in [2.24, 2.45) is 0 Å². The molecule has 3 heterocycles. The quantitative estimate of drug-likeness (QED) is 0.606. The van der Waals surface area contributed by atoms with Gasteiger partial charge in [0, 0.05) is 11.1 Å². The van der Waals surface area contributed by atoms with Gasteiger partial charge in [-0.15, -0.1) is 10.2 Å². The van der Waals surface area contributed by atoms with Crippen LogP contribution in [0, 0.1) is 13.8 Å². The molecule has 0 amide bonds. The minimum Gasteiger partial charge on any atom is -0.459 e. The maximum absolute atomic E-state index is 5.89. The van der Waals surface area contributed by atoms with Gasteiger partial charge in [-0.2, -0.15) is 5.10 Å². The lowest BCUT2D eigenvalue weighted by atomic mass is 10.2. The van der Waals surface area contributed by atoms with E-state index in [9.17, 15) is 0 Å². The predicted octanol–water partition coefficient (Wildman–Crippen LogP) is 4.20. The van der Waals surface area contributed by atoms with Crippen LogP contribution in [0.25, 0.3) is 16.8 Å². The van der Waals surface area contributed by atoms with E-state index in [1.807, 2.05) is 69.3 Å². The molecule has 0 aliphatic rings. The second kappa shape index (κ2) is 6.05. The Kier molecular flexibility index (Phi) is 3.72. The lowest BCUT2D eigenvalue weighted by Crippen LogP contribution is -2.09. The molecular weight excluding hydrogens is 314 g/mol. The van der Waals surface area contributed by atoms with Gasteiger partial charge in [0.25, 0.3) is 0 Å². The summed E-state index contributed by atoms with van der Waals surface area (Å²) < 4.78 is 7.68. The number of anilines is 1. The van der Waals surface area contributed by atoms with Crippen molar-refractivity contribution in [3.63, 3.8) is 0 Å². The number of nitrogens with one attached hydrogen (secondary N) is 1. The minimum atomic E-state index is -0.0127. The summed E-state index contributed by atoms with van der Waals surface area (Å²) in [5.41, 5.74) is 2.88. The second-order valence-corrected chi connectivity index (χ2v) is 6.17. The Morgan fingerprint density at radius 2 is 1.88 bits per heavy atom. The molecule has 6 nitrogen and oxygen atoms in total. The monoisotopic (exact) mass is 333 g/mol. The van der Waals surface area contributed by atoms with Gasteiger partial charge in [-0.25, -0.2) is 4.68 Å². The fourth-order valence-corrected chi connectivity index (χ4v) is 2.88. The summed E-state index contributed by atoms with van der Waals surface area (Å²) in [6, 6.07) is 15.8. The molecule has 1 atom stereocenters. The van der Waals surface area contributed by atoms with Gasteiger partial charge in [0.05, 0.1) is 11.7 Å². The first kappa shape index (κ1) is 15.4. The number of hydrogen-bond donors (Lipinski definition) is 1. The van der Waals surface area contributed by atoms with Crippen molar-refractivity contribution in [3.8, 4) is 5.82 Å². The number of furan rings is 1. The Balaban J connectivity index is 1.53. The summed E-state index contributed by atoms with van der Waals surface area (Å²) in [6.07, 6.45) is 0. The zero-order valence-corrected chi connectivity index (χ0v) is 14.4. The maximum Gasteiger partial charge on any atom is 0.176 e. The lowest BCUT2D eigenvalue weighted by molar-refractivity contribution is 0.525. The first-order valence-electron chi connectivity index (χ1n) is 8.22. The Morgan fingerprint density at radius 3 is 2.56 bits per heavy atom. The van der Waals surface area contributed by atoms with Gasteiger partial charge in [0.15, 0.2) is 5.82 Å². The third-order valence-corrected chi connectivity index (χ3v) is 4.11. The topological polar surface area (TPSA) is 68.8 Å².